The molecule has 0 bridgehead atoms. The second-order valence-corrected chi connectivity index (χ2v) is 4.58. The van der Waals surface area contributed by atoms with Gasteiger partial charge < -0.3 is 10.5 Å². The van der Waals surface area contributed by atoms with Gasteiger partial charge in [0.25, 0.3) is 0 Å². The Morgan fingerprint density at radius 1 is 1.32 bits per heavy atom. The van der Waals surface area contributed by atoms with E-state index in [0.29, 0.717) is 11.8 Å². The third kappa shape index (κ3) is 5.15. The average molecular weight is 311 g/mol. The molecular weight excluding hydrogens is 290 g/mol. The molecule has 0 unspecified atom stereocenters. The molecule has 1 fully saturated rings. The molecule has 19 heavy (non-hydrogen) atoms. The SMILES string of the molecule is COc1ccc(CN2CCC(N)CC2)cc1F.Cl.Cl. The predicted molar refractivity (Wildman–Crippen MR) is 79.9 cm³/mol. The lowest BCUT2D eigenvalue weighted by atomic mass is 10.1. The molecule has 0 saturated carbocycles. The zero-order chi connectivity index (χ0) is 12.3. The van der Waals surface area contributed by atoms with Crippen LogP contribution in [0.1, 0.15) is 18.4 Å². The van der Waals surface area contributed by atoms with Crippen LogP contribution in [0.4, 0.5) is 4.39 Å². The molecule has 0 atom stereocenters. The number of hydrogen-bond acceptors (Lipinski definition) is 3. The zero-order valence-corrected chi connectivity index (χ0v) is 12.6. The van der Waals surface area contributed by atoms with Gasteiger partial charge in [-0.1, -0.05) is 6.07 Å². The number of ether oxygens (including phenoxy) is 1. The van der Waals surface area contributed by atoms with Crippen LogP contribution in [0.3, 0.4) is 0 Å². The summed E-state index contributed by atoms with van der Waals surface area (Å²) in [6.45, 7) is 2.78. The van der Waals surface area contributed by atoms with Crippen LogP contribution in [-0.4, -0.2) is 31.1 Å². The van der Waals surface area contributed by atoms with Crippen LogP contribution in [-0.2, 0) is 6.54 Å². The van der Waals surface area contributed by atoms with Crippen LogP contribution < -0.4 is 10.5 Å². The maximum Gasteiger partial charge on any atom is 0.165 e. The first-order valence-electron chi connectivity index (χ1n) is 5.99. The van der Waals surface area contributed by atoms with Crippen molar-refractivity contribution in [2.24, 2.45) is 5.73 Å². The van der Waals surface area contributed by atoms with Gasteiger partial charge in [-0.2, -0.15) is 0 Å². The second kappa shape index (κ2) is 8.59. The lowest BCUT2D eigenvalue weighted by molar-refractivity contribution is 0.205. The van der Waals surface area contributed by atoms with E-state index in [1.54, 1.807) is 12.1 Å². The Balaban J connectivity index is 0.00000162. The molecule has 2 N–H and O–H groups in total. The van der Waals surface area contributed by atoms with Gasteiger partial charge in [-0.25, -0.2) is 4.39 Å². The molecule has 0 radical (unpaired) electrons. The third-order valence-corrected chi connectivity index (χ3v) is 3.25. The number of nitrogens with zero attached hydrogens (tertiary/aromatic N) is 1. The Morgan fingerprint density at radius 2 is 1.95 bits per heavy atom. The highest BCUT2D eigenvalue weighted by Gasteiger charge is 2.16. The summed E-state index contributed by atoms with van der Waals surface area (Å²) in [5, 5.41) is 0. The van der Waals surface area contributed by atoms with E-state index >= 15 is 0 Å². The molecule has 1 aliphatic heterocycles. The van der Waals surface area contributed by atoms with Gasteiger partial charge in [-0.05, 0) is 43.6 Å². The summed E-state index contributed by atoms with van der Waals surface area (Å²) in [6.07, 6.45) is 2.05. The molecule has 1 aromatic carbocycles. The molecule has 1 aliphatic rings. The normalized spacial score (nSPS) is 16.4. The van der Waals surface area contributed by atoms with Crippen LogP contribution >= 0.6 is 24.8 Å². The molecule has 110 valence electrons. The van der Waals surface area contributed by atoms with Crippen molar-refractivity contribution in [3.05, 3.63) is 29.6 Å². The van der Waals surface area contributed by atoms with Gasteiger partial charge in [-0.3, -0.25) is 4.90 Å². The van der Waals surface area contributed by atoms with Gasteiger partial charge >= 0.3 is 0 Å². The first-order chi connectivity index (χ1) is 8.19. The minimum atomic E-state index is -0.293. The minimum absolute atomic E-state index is 0. The second-order valence-electron chi connectivity index (χ2n) is 4.58. The Morgan fingerprint density at radius 3 is 2.47 bits per heavy atom. The largest absolute Gasteiger partial charge is 0.494 e. The molecule has 1 saturated heterocycles. The van der Waals surface area contributed by atoms with E-state index in [0.717, 1.165) is 38.0 Å². The smallest absolute Gasteiger partial charge is 0.165 e. The zero-order valence-electron chi connectivity index (χ0n) is 11.0. The van der Waals surface area contributed by atoms with Crippen molar-refractivity contribution < 1.29 is 9.13 Å². The molecule has 2 rings (SSSR count). The molecule has 1 heterocycles. The van der Waals surface area contributed by atoms with E-state index in [1.165, 1.54) is 7.11 Å². The van der Waals surface area contributed by atoms with Crippen molar-refractivity contribution in [2.75, 3.05) is 20.2 Å². The Kier molecular flexibility index (Phi) is 8.34. The highest BCUT2D eigenvalue weighted by atomic mass is 35.5. The van der Waals surface area contributed by atoms with Gasteiger partial charge in [-0.15, -0.1) is 24.8 Å². The van der Waals surface area contributed by atoms with E-state index < -0.39 is 0 Å². The maximum absolute atomic E-state index is 13.5. The summed E-state index contributed by atoms with van der Waals surface area (Å²) in [5.74, 6) is 0.00753. The number of piperidine rings is 1. The summed E-state index contributed by atoms with van der Waals surface area (Å²) >= 11 is 0. The minimum Gasteiger partial charge on any atom is -0.494 e. The fraction of sp³-hybridized carbons (Fsp3) is 0.538. The van der Waals surface area contributed by atoms with Gasteiger partial charge in [0.1, 0.15) is 0 Å². The van der Waals surface area contributed by atoms with Crippen LogP contribution in [0.15, 0.2) is 18.2 Å². The van der Waals surface area contributed by atoms with Crippen molar-refractivity contribution in [2.45, 2.75) is 25.4 Å². The van der Waals surface area contributed by atoms with Crippen molar-refractivity contribution in [1.29, 1.82) is 0 Å². The Labute approximate surface area is 126 Å². The molecule has 0 spiro atoms. The first-order valence-corrected chi connectivity index (χ1v) is 5.99. The van der Waals surface area contributed by atoms with Crippen LogP contribution in [0, 0.1) is 5.82 Å². The van der Waals surface area contributed by atoms with Crippen molar-refractivity contribution >= 4 is 24.8 Å². The number of rotatable bonds is 3. The lowest BCUT2D eigenvalue weighted by Crippen LogP contribution is -2.39. The van der Waals surface area contributed by atoms with E-state index in [9.17, 15) is 4.39 Å². The number of nitrogens with two attached hydrogens (primary N) is 1. The molecule has 0 amide bonds. The number of likely N-dealkylation sites (tertiary alicyclic amines) is 1. The average Bonchev–Trinajstić information content (AvgIpc) is 2.32. The summed E-state index contributed by atoms with van der Waals surface area (Å²) in [4.78, 5) is 2.31. The Bertz CT molecular complexity index is 385. The molecular formula is C13H21Cl2FN2O. The van der Waals surface area contributed by atoms with Crippen LogP contribution in [0.5, 0.6) is 5.75 Å². The van der Waals surface area contributed by atoms with E-state index in [4.69, 9.17) is 10.5 Å². The molecule has 3 nitrogen and oxygen atoms in total. The number of benzene rings is 1. The molecule has 1 aromatic rings. The van der Waals surface area contributed by atoms with Gasteiger partial charge in [0.2, 0.25) is 0 Å². The number of hydrogen-bond donors (Lipinski definition) is 1. The quantitative estimate of drug-likeness (QED) is 0.932. The fourth-order valence-corrected chi connectivity index (χ4v) is 2.18. The highest BCUT2D eigenvalue weighted by Crippen LogP contribution is 2.19. The Hall–Kier alpha value is -0.550. The summed E-state index contributed by atoms with van der Waals surface area (Å²) in [7, 11) is 1.48. The van der Waals surface area contributed by atoms with Gasteiger partial charge in [0, 0.05) is 12.6 Å². The number of halogens is 3. The van der Waals surface area contributed by atoms with Crippen LogP contribution in [0.25, 0.3) is 0 Å². The molecule has 6 heteroatoms. The van der Waals surface area contributed by atoms with E-state index in [2.05, 4.69) is 4.90 Å². The van der Waals surface area contributed by atoms with Gasteiger partial charge in [0.15, 0.2) is 11.6 Å². The van der Waals surface area contributed by atoms with Crippen LogP contribution in [0.2, 0.25) is 0 Å². The topological polar surface area (TPSA) is 38.5 Å². The number of methoxy groups -OCH3 is 1. The van der Waals surface area contributed by atoms with E-state index in [1.807, 2.05) is 6.07 Å². The maximum atomic E-state index is 13.5. The van der Waals surface area contributed by atoms with E-state index in [-0.39, 0.29) is 30.6 Å². The summed E-state index contributed by atoms with van der Waals surface area (Å²) in [6, 6.07) is 5.48. The highest BCUT2D eigenvalue weighted by molar-refractivity contribution is 5.85. The lowest BCUT2D eigenvalue weighted by Gasteiger charge is -2.30. The van der Waals surface area contributed by atoms with Gasteiger partial charge in [0.05, 0.1) is 7.11 Å². The van der Waals surface area contributed by atoms with Crippen molar-refractivity contribution in [3.63, 3.8) is 0 Å². The molecule has 0 aromatic heterocycles. The predicted octanol–water partition coefficient (Wildman–Crippen LogP) is 2.60. The first kappa shape index (κ1) is 18.4. The van der Waals surface area contributed by atoms with Crippen molar-refractivity contribution in [1.82, 2.24) is 4.90 Å². The third-order valence-electron chi connectivity index (χ3n) is 3.25. The fourth-order valence-electron chi connectivity index (χ4n) is 2.18. The monoisotopic (exact) mass is 310 g/mol. The molecule has 0 aliphatic carbocycles. The summed E-state index contributed by atoms with van der Waals surface area (Å²) in [5.41, 5.74) is 6.83. The van der Waals surface area contributed by atoms with Crippen molar-refractivity contribution in [3.8, 4) is 5.75 Å². The standard InChI is InChI=1S/C13H19FN2O.2ClH/c1-17-13-3-2-10(8-12(13)14)9-16-6-4-11(15)5-7-16;;/h2-3,8,11H,4-7,9,15H2,1H3;2*1H. The summed E-state index contributed by atoms with van der Waals surface area (Å²) < 4.78 is 18.4.